The molecule has 0 amide bonds. The van der Waals surface area contributed by atoms with E-state index in [0.717, 1.165) is 5.56 Å². The van der Waals surface area contributed by atoms with Crippen LogP contribution in [0.2, 0.25) is 0 Å². The summed E-state index contributed by atoms with van der Waals surface area (Å²) >= 11 is 0. The maximum Gasteiger partial charge on any atom is 1.00 e. The fraction of sp³-hybridized carbons (Fsp3) is 0.571. The summed E-state index contributed by atoms with van der Waals surface area (Å²) in [5, 5.41) is 11.2. The van der Waals surface area contributed by atoms with Gasteiger partial charge in [0.05, 0.1) is 26.4 Å². The van der Waals surface area contributed by atoms with Crippen LogP contribution in [0.5, 0.6) is 0 Å². The first-order valence-electron chi connectivity index (χ1n) is 10.7. The van der Waals surface area contributed by atoms with Gasteiger partial charge >= 0.3 is 84.1 Å². The monoisotopic (exact) mass is 677 g/mol. The zero-order valence-electron chi connectivity index (χ0n) is 22.2. The summed E-state index contributed by atoms with van der Waals surface area (Å²) in [6.45, 7) is 12.2. The van der Waals surface area contributed by atoms with Crippen molar-refractivity contribution in [3.63, 3.8) is 0 Å². The Balaban J connectivity index is -0.000000250. The number of nitrogens with zero attached hydrogens (tertiary/aromatic N) is 1. The van der Waals surface area contributed by atoms with Crippen molar-refractivity contribution in [1.82, 2.24) is 0 Å². The quantitative estimate of drug-likeness (QED) is 0.0832. The molecule has 35 heavy (non-hydrogen) atoms. The molecular formula is C21H39ClCsN2O8P2-. The Labute approximate surface area is 275 Å². The zero-order valence-corrected chi connectivity index (χ0v) is 30.0. The summed E-state index contributed by atoms with van der Waals surface area (Å²) in [6, 6.07) is 9.63. The molecule has 1 fully saturated rings. The molecule has 1 aromatic rings. The Morgan fingerprint density at radius 2 is 1.51 bits per heavy atom. The van der Waals surface area contributed by atoms with Crippen LogP contribution in [0.15, 0.2) is 48.0 Å². The second-order valence-corrected chi connectivity index (χ2v) is 11.0. The van der Waals surface area contributed by atoms with Crippen LogP contribution in [0.25, 0.3) is 0 Å². The van der Waals surface area contributed by atoms with Gasteiger partial charge in [-0.15, -0.1) is 6.58 Å². The maximum absolute atomic E-state index is 12.2. The van der Waals surface area contributed by atoms with E-state index in [4.69, 9.17) is 34.3 Å². The molecule has 14 heteroatoms. The van der Waals surface area contributed by atoms with Crippen molar-refractivity contribution >= 4 is 21.4 Å². The Bertz CT molecular complexity index is 793. The standard InChI is InChI=1S/C12H18NO3P.C9H18NO3P.ClH.Cs.H2O2.H/c1-3-15-17(14,16-4-2)11-13-10-12-8-6-5-7-9-12;1-4-8-7-9(8,10)14(11,12-5-2)13-6-3;;;1-2;/h5-10H,3-4,11H2,1-2H3;4,8H,1,5-7,10H2,2-3H3;1H;;1-2H;/q;;;+1;;-1/p-1. The second-order valence-electron chi connectivity index (χ2n) is 6.68. The average molecular weight is 678 g/mol. The van der Waals surface area contributed by atoms with Crippen LogP contribution >= 0.6 is 15.2 Å². The predicted octanol–water partition coefficient (Wildman–Crippen LogP) is -0.420. The summed E-state index contributed by atoms with van der Waals surface area (Å²) < 4.78 is 44.9. The van der Waals surface area contributed by atoms with Crippen molar-refractivity contribution in [1.29, 1.82) is 0 Å². The van der Waals surface area contributed by atoms with Gasteiger partial charge in [0.2, 0.25) is 0 Å². The molecule has 10 nitrogen and oxygen atoms in total. The molecule has 0 heterocycles. The smallest absolute Gasteiger partial charge is 1.00 e. The number of hydrogen-bond donors (Lipinski definition) is 3. The van der Waals surface area contributed by atoms with E-state index in [0.29, 0.717) is 32.8 Å². The van der Waals surface area contributed by atoms with E-state index in [1.807, 2.05) is 30.3 Å². The third-order valence-electron chi connectivity index (χ3n) is 4.37. The molecule has 0 spiro atoms. The molecular weight excluding hydrogens is 639 g/mol. The third kappa shape index (κ3) is 14.2. The Hall–Kier alpha value is 1.15. The fourth-order valence-electron chi connectivity index (χ4n) is 2.81. The summed E-state index contributed by atoms with van der Waals surface area (Å²) in [7, 11) is -6.21. The molecule has 2 unspecified atom stereocenters. The van der Waals surface area contributed by atoms with Crippen LogP contribution in [0.1, 0.15) is 41.1 Å². The van der Waals surface area contributed by atoms with E-state index < -0.39 is 20.5 Å². The zero-order chi connectivity index (χ0) is 25.4. The van der Waals surface area contributed by atoms with Gasteiger partial charge in [-0.1, -0.05) is 36.4 Å². The second kappa shape index (κ2) is 22.0. The number of rotatable bonds is 13. The number of hydrogen-bond acceptors (Lipinski definition) is 10. The van der Waals surface area contributed by atoms with Crippen LogP contribution in [0, 0.1) is 5.92 Å². The van der Waals surface area contributed by atoms with Crippen LogP contribution in [0.4, 0.5) is 0 Å². The van der Waals surface area contributed by atoms with Crippen molar-refractivity contribution < 1.29 is 120 Å². The Morgan fingerprint density at radius 1 is 1.06 bits per heavy atom. The summed E-state index contributed by atoms with van der Waals surface area (Å²) in [4.78, 5) is 4.11. The van der Waals surface area contributed by atoms with Gasteiger partial charge in [0.25, 0.3) is 0 Å². The molecule has 0 aliphatic heterocycles. The van der Waals surface area contributed by atoms with E-state index in [9.17, 15) is 9.13 Å². The minimum atomic E-state index is -3.16. The topological polar surface area (TPSA) is 150 Å². The first-order chi connectivity index (χ1) is 15.7. The van der Waals surface area contributed by atoms with Gasteiger partial charge in [-0.3, -0.25) is 24.6 Å². The maximum atomic E-state index is 12.2. The van der Waals surface area contributed by atoms with Gasteiger partial charge in [-0.2, -0.15) is 0 Å². The van der Waals surface area contributed by atoms with Gasteiger partial charge in [0.1, 0.15) is 11.6 Å². The molecule has 0 saturated heterocycles. The first-order valence-corrected chi connectivity index (χ1v) is 13.9. The van der Waals surface area contributed by atoms with Crippen LogP contribution in [-0.2, 0) is 27.2 Å². The molecule has 200 valence electrons. The van der Waals surface area contributed by atoms with Gasteiger partial charge in [-0.05, 0) is 39.7 Å². The molecule has 2 rings (SSSR count). The Kier molecular flexibility index (Phi) is 25.6. The molecule has 4 N–H and O–H groups in total. The van der Waals surface area contributed by atoms with E-state index >= 15 is 0 Å². The SMILES string of the molecule is C=CC1CC1(N)P(=O)(OCC)OCC.CCOP(=O)(CN=Cc1ccccc1)OCC.OO.[Cl-].[Cs+].[H-]. The summed E-state index contributed by atoms with van der Waals surface area (Å²) in [5.74, 6) is 0.0476. The van der Waals surface area contributed by atoms with Crippen molar-refractivity contribution in [3.05, 3.63) is 48.6 Å². The van der Waals surface area contributed by atoms with E-state index in [-0.39, 0.29) is 94.9 Å². The molecule has 1 aliphatic carbocycles. The molecule has 2 atom stereocenters. The van der Waals surface area contributed by atoms with E-state index in [1.54, 1.807) is 40.0 Å². The molecule has 1 aliphatic rings. The van der Waals surface area contributed by atoms with Crippen molar-refractivity contribution in [2.45, 2.75) is 39.4 Å². The largest absolute Gasteiger partial charge is 1.00 e. The fourth-order valence-corrected chi connectivity index (χ4v) is 6.28. The Morgan fingerprint density at radius 3 is 1.89 bits per heavy atom. The normalized spacial score (nSPS) is 18.7. The first kappa shape index (κ1) is 40.6. The molecule has 0 aromatic heterocycles. The molecule has 0 radical (unpaired) electrons. The van der Waals surface area contributed by atoms with Gasteiger partial charge < -0.3 is 37.7 Å². The van der Waals surface area contributed by atoms with Gasteiger partial charge in [0, 0.05) is 12.1 Å². The minimum Gasteiger partial charge on any atom is -1.00 e. The number of halogens is 1. The number of nitrogens with two attached hydrogens (primary N) is 1. The molecule has 1 aromatic carbocycles. The average Bonchev–Trinajstić information content (AvgIpc) is 3.49. The van der Waals surface area contributed by atoms with E-state index in [2.05, 4.69) is 11.6 Å². The van der Waals surface area contributed by atoms with Gasteiger partial charge in [0.15, 0.2) is 0 Å². The van der Waals surface area contributed by atoms with Crippen molar-refractivity contribution in [3.8, 4) is 0 Å². The summed E-state index contributed by atoms with van der Waals surface area (Å²) in [6.07, 6.45) is 4.08. The van der Waals surface area contributed by atoms with Crippen molar-refractivity contribution in [2.24, 2.45) is 16.6 Å². The number of aliphatic imine (C=N–C) groups is 1. The third-order valence-corrected chi connectivity index (χ3v) is 8.91. The van der Waals surface area contributed by atoms with Crippen LogP contribution in [-0.4, -0.2) is 54.7 Å². The van der Waals surface area contributed by atoms with Gasteiger partial charge in [-0.25, -0.2) is 0 Å². The van der Waals surface area contributed by atoms with Crippen molar-refractivity contribution in [2.75, 3.05) is 32.7 Å². The molecule has 1 saturated carbocycles. The van der Waals surface area contributed by atoms with E-state index in [1.165, 1.54) is 0 Å². The molecule has 0 bridgehead atoms. The minimum absolute atomic E-state index is 0. The van der Waals surface area contributed by atoms with Crippen LogP contribution in [0.3, 0.4) is 0 Å². The summed E-state index contributed by atoms with van der Waals surface area (Å²) in [5.41, 5.74) is 6.93. The predicted molar refractivity (Wildman–Crippen MR) is 132 cm³/mol. The van der Waals surface area contributed by atoms with Crippen LogP contribution < -0.4 is 87.0 Å². The number of benzene rings is 1.